The number of hydrogen-bond donors (Lipinski definition) is 2. The van der Waals surface area contributed by atoms with E-state index in [-0.39, 0.29) is 5.54 Å². The summed E-state index contributed by atoms with van der Waals surface area (Å²) in [7, 11) is 2.01. The molecule has 0 aromatic heterocycles. The first-order chi connectivity index (χ1) is 5.73. The molecule has 1 aliphatic carbocycles. The van der Waals surface area contributed by atoms with Gasteiger partial charge in [0.1, 0.15) is 0 Å². The zero-order chi connectivity index (χ0) is 9.03. The Morgan fingerprint density at radius 3 is 2.42 bits per heavy atom. The van der Waals surface area contributed by atoms with E-state index in [0.717, 1.165) is 12.3 Å². The molecule has 2 heteroatoms. The Hall–Kier alpha value is -0.0800. The summed E-state index contributed by atoms with van der Waals surface area (Å²) in [5.41, 5.74) is 0.172. The van der Waals surface area contributed by atoms with Crippen molar-refractivity contribution in [2.45, 2.75) is 44.6 Å². The highest BCUT2D eigenvalue weighted by atomic mass is 16.3. The summed E-state index contributed by atoms with van der Waals surface area (Å²) < 4.78 is 0. The maximum absolute atomic E-state index is 8.95. The van der Waals surface area contributed by atoms with E-state index in [1.807, 2.05) is 7.05 Å². The SMILES string of the molecule is CNC(C)(CCO)C1CCCC1. The van der Waals surface area contributed by atoms with Crippen LogP contribution >= 0.6 is 0 Å². The topological polar surface area (TPSA) is 32.3 Å². The Labute approximate surface area is 75.4 Å². The molecule has 0 aromatic carbocycles. The van der Waals surface area contributed by atoms with Crippen LogP contribution in [0.3, 0.4) is 0 Å². The highest BCUT2D eigenvalue weighted by molar-refractivity contribution is 4.91. The van der Waals surface area contributed by atoms with Crippen molar-refractivity contribution in [3.05, 3.63) is 0 Å². The first-order valence-electron chi connectivity index (χ1n) is 5.02. The first-order valence-corrected chi connectivity index (χ1v) is 5.02. The number of hydrogen-bond acceptors (Lipinski definition) is 2. The summed E-state index contributed by atoms with van der Waals surface area (Å²) in [6, 6.07) is 0. The van der Waals surface area contributed by atoms with Crippen molar-refractivity contribution in [1.82, 2.24) is 5.32 Å². The van der Waals surface area contributed by atoms with E-state index in [1.165, 1.54) is 25.7 Å². The van der Waals surface area contributed by atoms with Crippen molar-refractivity contribution in [2.75, 3.05) is 13.7 Å². The smallest absolute Gasteiger partial charge is 0.0448 e. The quantitative estimate of drug-likeness (QED) is 0.672. The van der Waals surface area contributed by atoms with Gasteiger partial charge in [0, 0.05) is 12.1 Å². The average Bonchev–Trinajstić information content (AvgIpc) is 2.57. The predicted octanol–water partition coefficient (Wildman–Crippen LogP) is 1.54. The maximum atomic E-state index is 8.95. The van der Waals surface area contributed by atoms with Crippen LogP contribution in [0.25, 0.3) is 0 Å². The van der Waals surface area contributed by atoms with Gasteiger partial charge in [0.15, 0.2) is 0 Å². The molecule has 0 aliphatic heterocycles. The number of nitrogens with one attached hydrogen (secondary N) is 1. The van der Waals surface area contributed by atoms with Crippen molar-refractivity contribution < 1.29 is 5.11 Å². The maximum Gasteiger partial charge on any atom is 0.0448 e. The summed E-state index contributed by atoms with van der Waals surface area (Å²) in [6.07, 6.45) is 6.28. The Balaban J connectivity index is 2.51. The van der Waals surface area contributed by atoms with Crippen LogP contribution in [-0.4, -0.2) is 24.3 Å². The van der Waals surface area contributed by atoms with Gasteiger partial charge in [0.05, 0.1) is 0 Å². The van der Waals surface area contributed by atoms with E-state index in [4.69, 9.17) is 5.11 Å². The van der Waals surface area contributed by atoms with Crippen molar-refractivity contribution in [3.8, 4) is 0 Å². The number of rotatable bonds is 4. The molecule has 1 aliphatic rings. The Morgan fingerprint density at radius 1 is 1.42 bits per heavy atom. The van der Waals surface area contributed by atoms with Crippen LogP contribution in [0, 0.1) is 5.92 Å². The predicted molar refractivity (Wildman–Crippen MR) is 51.1 cm³/mol. The molecule has 0 bridgehead atoms. The molecule has 0 aromatic rings. The lowest BCUT2D eigenvalue weighted by molar-refractivity contribution is 0.173. The molecule has 0 amide bonds. The molecule has 0 spiro atoms. The van der Waals surface area contributed by atoms with Crippen LogP contribution in [0.4, 0.5) is 0 Å². The average molecular weight is 171 g/mol. The Kier molecular flexibility index (Phi) is 3.53. The van der Waals surface area contributed by atoms with Crippen LogP contribution in [0.15, 0.2) is 0 Å². The number of aliphatic hydroxyl groups excluding tert-OH is 1. The molecule has 72 valence electrons. The molecule has 2 N–H and O–H groups in total. The minimum atomic E-state index is 0.172. The van der Waals surface area contributed by atoms with Gasteiger partial charge >= 0.3 is 0 Å². The molecule has 1 fully saturated rings. The van der Waals surface area contributed by atoms with E-state index in [0.29, 0.717) is 6.61 Å². The van der Waals surface area contributed by atoms with Crippen LogP contribution in [0.2, 0.25) is 0 Å². The lowest BCUT2D eigenvalue weighted by atomic mass is 9.82. The van der Waals surface area contributed by atoms with Gasteiger partial charge in [-0.25, -0.2) is 0 Å². The summed E-state index contributed by atoms with van der Waals surface area (Å²) in [4.78, 5) is 0. The van der Waals surface area contributed by atoms with Gasteiger partial charge in [0.2, 0.25) is 0 Å². The fraction of sp³-hybridized carbons (Fsp3) is 1.00. The largest absolute Gasteiger partial charge is 0.396 e. The van der Waals surface area contributed by atoms with Gasteiger partial charge in [-0.2, -0.15) is 0 Å². The normalized spacial score (nSPS) is 24.2. The fourth-order valence-corrected chi connectivity index (χ4v) is 2.33. The lowest BCUT2D eigenvalue weighted by Crippen LogP contribution is -2.46. The third-order valence-corrected chi connectivity index (χ3v) is 3.46. The molecule has 0 heterocycles. The molecule has 2 nitrogen and oxygen atoms in total. The Bertz CT molecular complexity index is 132. The van der Waals surface area contributed by atoms with Crippen molar-refractivity contribution >= 4 is 0 Å². The minimum absolute atomic E-state index is 0.172. The lowest BCUT2D eigenvalue weighted by Gasteiger charge is -2.35. The molecular formula is C10H21NO. The van der Waals surface area contributed by atoms with Gasteiger partial charge in [-0.05, 0) is 39.2 Å². The Morgan fingerprint density at radius 2 is 2.00 bits per heavy atom. The van der Waals surface area contributed by atoms with Crippen LogP contribution in [-0.2, 0) is 0 Å². The highest BCUT2D eigenvalue weighted by Gasteiger charge is 2.33. The zero-order valence-electron chi connectivity index (χ0n) is 8.27. The second-order valence-corrected chi connectivity index (χ2v) is 4.12. The first kappa shape index (κ1) is 10.0. The summed E-state index contributed by atoms with van der Waals surface area (Å²) >= 11 is 0. The van der Waals surface area contributed by atoms with Gasteiger partial charge < -0.3 is 10.4 Å². The molecule has 1 atom stereocenters. The van der Waals surface area contributed by atoms with E-state index in [2.05, 4.69) is 12.2 Å². The molecule has 1 rings (SSSR count). The van der Waals surface area contributed by atoms with Gasteiger partial charge in [-0.1, -0.05) is 12.8 Å². The van der Waals surface area contributed by atoms with Gasteiger partial charge in [0.25, 0.3) is 0 Å². The van der Waals surface area contributed by atoms with E-state index in [1.54, 1.807) is 0 Å². The van der Waals surface area contributed by atoms with E-state index >= 15 is 0 Å². The molecule has 0 radical (unpaired) electrons. The van der Waals surface area contributed by atoms with Crippen molar-refractivity contribution in [3.63, 3.8) is 0 Å². The second-order valence-electron chi connectivity index (χ2n) is 4.12. The van der Waals surface area contributed by atoms with Crippen LogP contribution in [0.5, 0.6) is 0 Å². The molecule has 1 unspecified atom stereocenters. The third-order valence-electron chi connectivity index (χ3n) is 3.46. The monoisotopic (exact) mass is 171 g/mol. The van der Waals surface area contributed by atoms with Crippen LogP contribution < -0.4 is 5.32 Å². The zero-order valence-corrected chi connectivity index (χ0v) is 8.27. The summed E-state index contributed by atoms with van der Waals surface area (Å²) in [5, 5.41) is 12.3. The summed E-state index contributed by atoms with van der Waals surface area (Å²) in [5.74, 6) is 0.773. The highest BCUT2D eigenvalue weighted by Crippen LogP contribution is 2.35. The van der Waals surface area contributed by atoms with Gasteiger partial charge in [-0.3, -0.25) is 0 Å². The summed E-state index contributed by atoms with van der Waals surface area (Å²) in [6.45, 7) is 2.53. The van der Waals surface area contributed by atoms with Crippen molar-refractivity contribution in [1.29, 1.82) is 0 Å². The van der Waals surface area contributed by atoms with E-state index in [9.17, 15) is 0 Å². The number of aliphatic hydroxyl groups is 1. The second kappa shape index (κ2) is 4.24. The third kappa shape index (κ3) is 1.99. The molecule has 1 saturated carbocycles. The van der Waals surface area contributed by atoms with Crippen molar-refractivity contribution in [2.24, 2.45) is 5.92 Å². The minimum Gasteiger partial charge on any atom is -0.396 e. The fourth-order valence-electron chi connectivity index (χ4n) is 2.33. The van der Waals surface area contributed by atoms with Gasteiger partial charge in [-0.15, -0.1) is 0 Å². The molecular weight excluding hydrogens is 150 g/mol. The standard InChI is InChI=1S/C10H21NO/c1-10(11-2,7-8-12)9-5-3-4-6-9/h9,11-12H,3-8H2,1-2H3. The van der Waals surface area contributed by atoms with E-state index < -0.39 is 0 Å². The molecule has 12 heavy (non-hydrogen) atoms. The van der Waals surface area contributed by atoms with Crippen LogP contribution in [0.1, 0.15) is 39.0 Å². The molecule has 0 saturated heterocycles.